The molecule has 64 valence electrons. The minimum Gasteiger partial charge on any atom is -0.325 e. The van der Waals surface area contributed by atoms with Gasteiger partial charge in [-0.2, -0.15) is 0 Å². The molecule has 2 aliphatic carbocycles. The number of hydrogen-bond donors (Lipinski definition) is 1. The lowest BCUT2D eigenvalue weighted by Gasteiger charge is -2.08. The molecule has 2 N–H and O–H groups in total. The van der Waals surface area contributed by atoms with Crippen LogP contribution in [0.5, 0.6) is 0 Å². The van der Waals surface area contributed by atoms with Gasteiger partial charge in [0.05, 0.1) is 0 Å². The summed E-state index contributed by atoms with van der Waals surface area (Å²) in [5.41, 5.74) is 6.60. The van der Waals surface area contributed by atoms with Gasteiger partial charge in [0.25, 0.3) is 0 Å². The van der Waals surface area contributed by atoms with Gasteiger partial charge in [-0.1, -0.05) is 26.2 Å². The fourth-order valence-corrected chi connectivity index (χ4v) is 3.10. The summed E-state index contributed by atoms with van der Waals surface area (Å²) in [6.07, 6.45) is 8.24. The lowest BCUT2D eigenvalue weighted by atomic mass is 10.0. The first-order valence-electron chi connectivity index (χ1n) is 5.08. The van der Waals surface area contributed by atoms with Gasteiger partial charge in [0.1, 0.15) is 0 Å². The van der Waals surface area contributed by atoms with Gasteiger partial charge >= 0.3 is 0 Å². The van der Waals surface area contributed by atoms with E-state index in [1.807, 2.05) is 0 Å². The van der Waals surface area contributed by atoms with Crippen LogP contribution in [0.15, 0.2) is 0 Å². The van der Waals surface area contributed by atoms with Crippen LogP contribution in [0, 0.1) is 11.8 Å². The molecule has 2 fully saturated rings. The standard InChI is InChI=1S/C10H19N/c1-2-7-10(11)8-5-3-4-6-9(8)10/h8-9H,2-7,11H2,1H3. The highest BCUT2D eigenvalue weighted by Crippen LogP contribution is 2.58. The molecule has 11 heavy (non-hydrogen) atoms. The maximum absolute atomic E-state index is 6.31. The molecule has 2 rings (SSSR count). The predicted octanol–water partition coefficient (Wildman–Crippen LogP) is 2.30. The molecule has 0 aromatic rings. The summed E-state index contributed by atoms with van der Waals surface area (Å²) in [4.78, 5) is 0. The normalized spacial score (nSPS) is 48.5. The molecule has 0 saturated heterocycles. The fourth-order valence-electron chi connectivity index (χ4n) is 3.10. The molecule has 2 atom stereocenters. The van der Waals surface area contributed by atoms with Crippen molar-refractivity contribution in [3.05, 3.63) is 0 Å². The summed E-state index contributed by atoms with van der Waals surface area (Å²) in [7, 11) is 0. The summed E-state index contributed by atoms with van der Waals surface area (Å²) in [5, 5.41) is 0. The van der Waals surface area contributed by atoms with Crippen LogP contribution in [0.2, 0.25) is 0 Å². The molecule has 0 aliphatic heterocycles. The molecule has 0 heterocycles. The molecule has 0 bridgehead atoms. The van der Waals surface area contributed by atoms with E-state index in [0.29, 0.717) is 5.54 Å². The molecule has 2 saturated carbocycles. The van der Waals surface area contributed by atoms with E-state index in [1.54, 1.807) is 0 Å². The second-order valence-electron chi connectivity index (χ2n) is 4.36. The van der Waals surface area contributed by atoms with Crippen LogP contribution >= 0.6 is 0 Å². The van der Waals surface area contributed by atoms with Crippen LogP contribution in [0.1, 0.15) is 45.4 Å². The highest BCUT2D eigenvalue weighted by molar-refractivity contribution is 5.16. The molecule has 1 heteroatoms. The van der Waals surface area contributed by atoms with Gasteiger partial charge in [-0.25, -0.2) is 0 Å². The summed E-state index contributed by atoms with van der Waals surface area (Å²) >= 11 is 0. The quantitative estimate of drug-likeness (QED) is 0.647. The average molecular weight is 153 g/mol. The van der Waals surface area contributed by atoms with Crippen LogP contribution in [0.4, 0.5) is 0 Å². The highest BCUT2D eigenvalue weighted by Gasteiger charge is 2.60. The summed E-state index contributed by atoms with van der Waals surface area (Å²) in [5.74, 6) is 1.83. The van der Waals surface area contributed by atoms with E-state index in [1.165, 1.54) is 38.5 Å². The molecule has 0 radical (unpaired) electrons. The van der Waals surface area contributed by atoms with E-state index in [9.17, 15) is 0 Å². The summed E-state index contributed by atoms with van der Waals surface area (Å²) in [6.45, 7) is 2.25. The number of hydrogen-bond acceptors (Lipinski definition) is 1. The fraction of sp³-hybridized carbons (Fsp3) is 1.00. The van der Waals surface area contributed by atoms with Gasteiger partial charge in [0.15, 0.2) is 0 Å². The first-order valence-corrected chi connectivity index (χ1v) is 5.08. The van der Waals surface area contributed by atoms with Crippen molar-refractivity contribution in [2.45, 2.75) is 51.0 Å². The van der Waals surface area contributed by atoms with Crippen molar-refractivity contribution in [2.24, 2.45) is 17.6 Å². The number of fused-ring (bicyclic) bond motifs is 1. The van der Waals surface area contributed by atoms with Crippen molar-refractivity contribution in [3.8, 4) is 0 Å². The smallest absolute Gasteiger partial charge is 0.0218 e. The lowest BCUT2D eigenvalue weighted by molar-refractivity contribution is 0.480. The molecular weight excluding hydrogens is 134 g/mol. The first kappa shape index (κ1) is 7.60. The average Bonchev–Trinajstić information content (AvgIpc) is 2.60. The summed E-state index contributed by atoms with van der Waals surface area (Å²) < 4.78 is 0. The van der Waals surface area contributed by atoms with Crippen molar-refractivity contribution in [1.82, 2.24) is 0 Å². The molecule has 0 aromatic carbocycles. The topological polar surface area (TPSA) is 26.0 Å². The van der Waals surface area contributed by atoms with E-state index in [4.69, 9.17) is 5.73 Å². The van der Waals surface area contributed by atoms with Gasteiger partial charge in [0, 0.05) is 5.54 Å². The predicted molar refractivity (Wildman–Crippen MR) is 47.3 cm³/mol. The maximum Gasteiger partial charge on any atom is 0.0218 e. The molecule has 0 aromatic heterocycles. The Balaban J connectivity index is 1.97. The van der Waals surface area contributed by atoms with Crippen molar-refractivity contribution in [1.29, 1.82) is 0 Å². The van der Waals surface area contributed by atoms with Crippen LogP contribution in [0.25, 0.3) is 0 Å². The summed E-state index contributed by atoms with van der Waals surface area (Å²) in [6, 6.07) is 0. The molecule has 0 amide bonds. The Bertz CT molecular complexity index is 141. The van der Waals surface area contributed by atoms with E-state index in [-0.39, 0.29) is 0 Å². The van der Waals surface area contributed by atoms with Gasteiger partial charge in [-0.15, -0.1) is 0 Å². The van der Waals surface area contributed by atoms with Crippen molar-refractivity contribution in [2.75, 3.05) is 0 Å². The molecule has 2 unspecified atom stereocenters. The van der Waals surface area contributed by atoms with E-state index in [0.717, 1.165) is 11.8 Å². The van der Waals surface area contributed by atoms with Crippen LogP contribution < -0.4 is 5.73 Å². The minimum atomic E-state index is 0.297. The van der Waals surface area contributed by atoms with Crippen LogP contribution in [-0.2, 0) is 0 Å². The zero-order valence-corrected chi connectivity index (χ0v) is 7.47. The van der Waals surface area contributed by atoms with Gasteiger partial charge in [0.2, 0.25) is 0 Å². The minimum absolute atomic E-state index is 0.297. The zero-order valence-electron chi connectivity index (χ0n) is 7.47. The molecule has 1 nitrogen and oxygen atoms in total. The Hall–Kier alpha value is -0.0400. The third kappa shape index (κ3) is 1.01. The van der Waals surface area contributed by atoms with Crippen molar-refractivity contribution >= 4 is 0 Å². The Morgan fingerprint density at radius 3 is 2.27 bits per heavy atom. The molecule has 0 spiro atoms. The third-order valence-electron chi connectivity index (χ3n) is 3.72. The highest BCUT2D eigenvalue weighted by atomic mass is 14.9. The Kier molecular flexibility index (Phi) is 1.71. The van der Waals surface area contributed by atoms with Crippen molar-refractivity contribution < 1.29 is 0 Å². The first-order chi connectivity index (χ1) is 5.29. The Labute approximate surface area is 69.4 Å². The monoisotopic (exact) mass is 153 g/mol. The number of nitrogens with two attached hydrogens (primary N) is 1. The Morgan fingerprint density at radius 1 is 1.27 bits per heavy atom. The third-order valence-corrected chi connectivity index (χ3v) is 3.72. The van der Waals surface area contributed by atoms with Crippen LogP contribution in [-0.4, -0.2) is 5.54 Å². The van der Waals surface area contributed by atoms with E-state index < -0.39 is 0 Å². The van der Waals surface area contributed by atoms with Gasteiger partial charge in [-0.3, -0.25) is 0 Å². The number of rotatable bonds is 2. The maximum atomic E-state index is 6.31. The molecule has 2 aliphatic rings. The van der Waals surface area contributed by atoms with E-state index >= 15 is 0 Å². The Morgan fingerprint density at radius 2 is 1.82 bits per heavy atom. The van der Waals surface area contributed by atoms with Crippen LogP contribution in [0.3, 0.4) is 0 Å². The SMILES string of the molecule is CCCC1(N)C2CCCCC21. The zero-order chi connectivity index (χ0) is 7.90. The second-order valence-corrected chi connectivity index (χ2v) is 4.36. The van der Waals surface area contributed by atoms with Gasteiger partial charge < -0.3 is 5.73 Å². The van der Waals surface area contributed by atoms with Crippen molar-refractivity contribution in [3.63, 3.8) is 0 Å². The van der Waals surface area contributed by atoms with Gasteiger partial charge in [-0.05, 0) is 31.1 Å². The second kappa shape index (κ2) is 2.48. The van der Waals surface area contributed by atoms with E-state index in [2.05, 4.69) is 6.92 Å². The molecular formula is C10H19N. The lowest BCUT2D eigenvalue weighted by Crippen LogP contribution is -2.26. The largest absolute Gasteiger partial charge is 0.325 e.